The molecule has 1 atom stereocenters. The van der Waals surface area contributed by atoms with E-state index in [1.54, 1.807) is 14.2 Å². The molecule has 126 valence electrons. The average molecular weight is 313 g/mol. The van der Waals surface area contributed by atoms with Gasteiger partial charge in [-0.05, 0) is 27.7 Å². The first-order chi connectivity index (χ1) is 10.4. The Bertz CT molecular complexity index is 473. The molecule has 0 aromatic carbocycles. The van der Waals surface area contributed by atoms with Crippen molar-refractivity contribution in [3.8, 4) is 0 Å². The van der Waals surface area contributed by atoms with E-state index in [1.165, 1.54) is 0 Å². The summed E-state index contributed by atoms with van der Waals surface area (Å²) in [6.45, 7) is 9.42. The summed E-state index contributed by atoms with van der Waals surface area (Å²) in [5, 5.41) is 10.2. The summed E-state index contributed by atoms with van der Waals surface area (Å²) in [5.74, 6) is 1.67. The Morgan fingerprint density at radius 1 is 1.41 bits per heavy atom. The number of nitrogens with zero attached hydrogens (tertiary/aromatic N) is 3. The van der Waals surface area contributed by atoms with Gasteiger partial charge in [0, 0.05) is 27.3 Å². The van der Waals surface area contributed by atoms with Gasteiger partial charge in [-0.25, -0.2) is 0 Å². The molecular weight excluding hydrogens is 286 g/mol. The van der Waals surface area contributed by atoms with Crippen LogP contribution in [0, 0.1) is 0 Å². The predicted octanol–water partition coefficient (Wildman–Crippen LogP) is 1.26. The zero-order valence-electron chi connectivity index (χ0n) is 14.3. The van der Waals surface area contributed by atoms with Crippen LogP contribution in [0.1, 0.15) is 45.5 Å². The van der Waals surface area contributed by atoms with Gasteiger partial charge in [0.25, 0.3) is 0 Å². The first kappa shape index (κ1) is 18.4. The van der Waals surface area contributed by atoms with Gasteiger partial charge in [0.2, 0.25) is 5.89 Å². The largest absolute Gasteiger partial charge is 0.377 e. The Hall–Kier alpha value is -1.67. The molecule has 2 N–H and O–H groups in total. The van der Waals surface area contributed by atoms with Crippen LogP contribution in [0.4, 0.5) is 0 Å². The van der Waals surface area contributed by atoms with E-state index in [-0.39, 0.29) is 11.7 Å². The molecule has 0 aliphatic heterocycles. The predicted molar refractivity (Wildman–Crippen MR) is 83.6 cm³/mol. The maximum absolute atomic E-state index is 5.42. The van der Waals surface area contributed by atoms with Gasteiger partial charge in [0.15, 0.2) is 11.8 Å². The van der Waals surface area contributed by atoms with Crippen molar-refractivity contribution in [3.63, 3.8) is 0 Å². The van der Waals surface area contributed by atoms with Crippen LogP contribution in [0.25, 0.3) is 0 Å². The third-order valence-corrected chi connectivity index (χ3v) is 3.13. The minimum Gasteiger partial charge on any atom is -0.377 e. The quantitative estimate of drug-likeness (QED) is 0.551. The first-order valence-corrected chi connectivity index (χ1v) is 7.35. The zero-order chi connectivity index (χ0) is 16.6. The van der Waals surface area contributed by atoms with E-state index >= 15 is 0 Å². The van der Waals surface area contributed by atoms with Gasteiger partial charge in [-0.2, -0.15) is 4.98 Å². The van der Waals surface area contributed by atoms with E-state index in [0.717, 1.165) is 0 Å². The number of ether oxygens (including phenoxy) is 2. The van der Waals surface area contributed by atoms with Crippen molar-refractivity contribution in [2.24, 2.45) is 4.99 Å². The Morgan fingerprint density at radius 3 is 2.73 bits per heavy atom. The summed E-state index contributed by atoms with van der Waals surface area (Å²) in [5.41, 5.74) is -0.276. The molecule has 1 unspecified atom stereocenters. The number of aromatic nitrogens is 2. The smallest absolute Gasteiger partial charge is 0.246 e. The molecule has 22 heavy (non-hydrogen) atoms. The summed E-state index contributed by atoms with van der Waals surface area (Å²) in [7, 11) is 3.38. The number of aliphatic imine (C=N–C) groups is 1. The van der Waals surface area contributed by atoms with E-state index in [9.17, 15) is 0 Å². The number of nitrogens with one attached hydrogen (secondary N) is 2. The second-order valence-corrected chi connectivity index (χ2v) is 5.39. The minimum absolute atomic E-state index is 0.178. The molecule has 0 bridgehead atoms. The number of hydrogen-bond acceptors (Lipinski definition) is 6. The Morgan fingerprint density at radius 2 is 2.14 bits per heavy atom. The first-order valence-electron chi connectivity index (χ1n) is 7.35. The van der Waals surface area contributed by atoms with Gasteiger partial charge >= 0.3 is 0 Å². The molecule has 0 aliphatic rings. The van der Waals surface area contributed by atoms with Gasteiger partial charge in [-0.1, -0.05) is 5.16 Å². The zero-order valence-corrected chi connectivity index (χ0v) is 14.3. The molecule has 1 aromatic rings. The normalized spacial score (nSPS) is 14.0. The van der Waals surface area contributed by atoms with Gasteiger partial charge in [-0.15, -0.1) is 0 Å². The molecular formula is C14H27N5O3. The molecule has 0 fully saturated rings. The fraction of sp³-hybridized carbons (Fsp3) is 0.786. The summed E-state index contributed by atoms with van der Waals surface area (Å²) in [6, 6.07) is 0. The molecule has 1 aromatic heterocycles. The molecule has 8 heteroatoms. The van der Waals surface area contributed by atoms with Gasteiger partial charge in [-0.3, -0.25) is 4.99 Å². The molecule has 1 rings (SSSR count). The van der Waals surface area contributed by atoms with E-state index in [1.807, 2.05) is 27.7 Å². The highest BCUT2D eigenvalue weighted by atomic mass is 16.5. The monoisotopic (exact) mass is 313 g/mol. The summed E-state index contributed by atoms with van der Waals surface area (Å²) in [6.07, 6.45) is -0.178. The van der Waals surface area contributed by atoms with E-state index in [0.29, 0.717) is 37.4 Å². The molecule has 1 heterocycles. The third-order valence-electron chi connectivity index (χ3n) is 3.13. The van der Waals surface area contributed by atoms with Crippen molar-refractivity contribution >= 4 is 5.96 Å². The molecule has 0 spiro atoms. The standard InChI is InChI=1S/C14H27N5O3/c1-7-21-10(2)12-18-11(22-19-12)8-16-13(15-5)17-9-14(3,4)20-6/h10H,7-9H2,1-6H3,(H2,15,16,17). The van der Waals surface area contributed by atoms with Crippen molar-refractivity contribution < 1.29 is 14.0 Å². The lowest BCUT2D eigenvalue weighted by molar-refractivity contribution is 0.0268. The van der Waals surface area contributed by atoms with Crippen LogP contribution in [-0.2, 0) is 16.0 Å². The molecule has 0 saturated heterocycles. The summed E-state index contributed by atoms with van der Waals surface area (Å²) >= 11 is 0. The van der Waals surface area contributed by atoms with Crippen LogP contribution < -0.4 is 10.6 Å². The Kier molecular flexibility index (Phi) is 7.26. The van der Waals surface area contributed by atoms with Gasteiger partial charge in [0.1, 0.15) is 6.10 Å². The maximum atomic E-state index is 5.42. The topological polar surface area (TPSA) is 93.8 Å². The molecule has 0 saturated carbocycles. The highest BCUT2D eigenvalue weighted by Crippen LogP contribution is 2.12. The van der Waals surface area contributed by atoms with Crippen LogP contribution in [-0.4, -0.2) is 49.0 Å². The fourth-order valence-electron chi connectivity index (χ4n) is 1.58. The van der Waals surface area contributed by atoms with Crippen molar-refractivity contribution in [3.05, 3.63) is 11.7 Å². The molecule has 0 amide bonds. The fourth-order valence-corrected chi connectivity index (χ4v) is 1.58. The van der Waals surface area contributed by atoms with Gasteiger partial charge in [0.05, 0.1) is 12.1 Å². The number of guanidine groups is 1. The van der Waals surface area contributed by atoms with Gasteiger partial charge < -0.3 is 24.6 Å². The SMILES string of the molecule is CCOC(C)c1noc(CNC(=NC)NCC(C)(C)OC)n1. The molecule has 0 aliphatic carbocycles. The van der Waals surface area contributed by atoms with Crippen LogP contribution in [0.5, 0.6) is 0 Å². The summed E-state index contributed by atoms with van der Waals surface area (Å²) in [4.78, 5) is 8.42. The molecule has 8 nitrogen and oxygen atoms in total. The molecule has 0 radical (unpaired) electrons. The average Bonchev–Trinajstić information content (AvgIpc) is 2.96. The Balaban J connectivity index is 2.47. The van der Waals surface area contributed by atoms with E-state index in [2.05, 4.69) is 25.8 Å². The lowest BCUT2D eigenvalue weighted by Gasteiger charge is -2.24. The lowest BCUT2D eigenvalue weighted by atomic mass is 10.1. The number of methoxy groups -OCH3 is 1. The van der Waals surface area contributed by atoms with Crippen molar-refractivity contribution in [2.75, 3.05) is 27.3 Å². The maximum Gasteiger partial charge on any atom is 0.246 e. The van der Waals surface area contributed by atoms with E-state index in [4.69, 9.17) is 14.0 Å². The lowest BCUT2D eigenvalue weighted by Crippen LogP contribution is -2.45. The number of rotatable bonds is 8. The summed E-state index contributed by atoms with van der Waals surface area (Å²) < 4.78 is 16.0. The highest BCUT2D eigenvalue weighted by Gasteiger charge is 2.17. The highest BCUT2D eigenvalue weighted by molar-refractivity contribution is 5.79. The van der Waals surface area contributed by atoms with Crippen LogP contribution in [0.3, 0.4) is 0 Å². The van der Waals surface area contributed by atoms with Crippen LogP contribution in [0.15, 0.2) is 9.52 Å². The van der Waals surface area contributed by atoms with Crippen molar-refractivity contribution in [2.45, 2.75) is 45.9 Å². The van der Waals surface area contributed by atoms with Crippen LogP contribution >= 0.6 is 0 Å². The van der Waals surface area contributed by atoms with E-state index < -0.39 is 0 Å². The Labute approximate surface area is 131 Å². The van der Waals surface area contributed by atoms with Crippen molar-refractivity contribution in [1.29, 1.82) is 0 Å². The second-order valence-electron chi connectivity index (χ2n) is 5.39. The minimum atomic E-state index is -0.276. The number of hydrogen-bond donors (Lipinski definition) is 2. The van der Waals surface area contributed by atoms with Crippen LogP contribution in [0.2, 0.25) is 0 Å². The van der Waals surface area contributed by atoms with Crippen molar-refractivity contribution in [1.82, 2.24) is 20.8 Å². The third kappa shape index (κ3) is 5.98. The second kappa shape index (κ2) is 8.70.